The molecule has 2 fully saturated rings. The lowest BCUT2D eigenvalue weighted by Gasteiger charge is -2.38. The molecule has 1 saturated heterocycles. The van der Waals surface area contributed by atoms with Gasteiger partial charge in [-0.25, -0.2) is 0 Å². The molecule has 1 aliphatic carbocycles. The topological polar surface area (TPSA) is 12.5 Å². The van der Waals surface area contributed by atoms with Crippen molar-refractivity contribution in [1.82, 2.24) is 0 Å². The maximum absolute atomic E-state index is 6.03. The van der Waals surface area contributed by atoms with Gasteiger partial charge in [0.05, 0.1) is 5.76 Å². The first-order valence-corrected chi connectivity index (χ1v) is 16.2. The van der Waals surface area contributed by atoms with E-state index in [-0.39, 0.29) is 0 Å². The molecule has 220 valence electrons. The lowest BCUT2D eigenvalue weighted by atomic mass is 9.68. The maximum atomic E-state index is 6.03. The Kier molecular flexibility index (Phi) is 16.4. The van der Waals surface area contributed by atoms with Crippen LogP contribution in [0, 0.1) is 24.2 Å². The number of allylic oxidation sites excluding steroid dienone is 1. The minimum atomic E-state index is 0.433. The summed E-state index contributed by atoms with van der Waals surface area (Å²) in [7, 11) is 0. The van der Waals surface area contributed by atoms with E-state index in [0.29, 0.717) is 11.3 Å². The highest BCUT2D eigenvalue weighted by Crippen LogP contribution is 2.46. The van der Waals surface area contributed by atoms with Crippen LogP contribution in [0.2, 0.25) is 0 Å². The van der Waals surface area contributed by atoms with Crippen LogP contribution in [0.15, 0.2) is 24.5 Å². The molecule has 2 nitrogen and oxygen atoms in total. The first-order valence-electron chi connectivity index (χ1n) is 16.2. The van der Waals surface area contributed by atoms with Gasteiger partial charge >= 0.3 is 0 Å². The van der Waals surface area contributed by atoms with Crippen LogP contribution in [0.4, 0.5) is 5.69 Å². The molecule has 0 bridgehead atoms. The third kappa shape index (κ3) is 11.7. The second kappa shape index (κ2) is 18.0. The molecule has 2 aliphatic rings. The van der Waals surface area contributed by atoms with E-state index < -0.39 is 0 Å². The van der Waals surface area contributed by atoms with Gasteiger partial charge in [-0.2, -0.15) is 0 Å². The highest BCUT2D eigenvalue weighted by molar-refractivity contribution is 5.61. The SMILES string of the molecule is C=C(C)Oc1cc(N2CCC[C@H](CC)CC2)c(C2CCC(C(C)(C)C)CC2)cc1C.CCC.CCCCC. The normalized spacial score (nSPS) is 21.8. The van der Waals surface area contributed by atoms with Gasteiger partial charge in [-0.1, -0.05) is 100 Å². The smallest absolute Gasteiger partial charge is 0.131 e. The minimum absolute atomic E-state index is 0.433. The van der Waals surface area contributed by atoms with E-state index in [4.69, 9.17) is 4.74 Å². The second-order valence-corrected chi connectivity index (χ2v) is 13.1. The predicted octanol–water partition coefficient (Wildman–Crippen LogP) is 11.9. The molecular weight excluding hydrogens is 462 g/mol. The minimum Gasteiger partial charge on any atom is -0.462 e. The molecule has 1 aromatic carbocycles. The average molecular weight is 528 g/mol. The summed E-state index contributed by atoms with van der Waals surface area (Å²) in [6.45, 7) is 28.7. The summed E-state index contributed by atoms with van der Waals surface area (Å²) in [5.74, 6) is 4.18. The lowest BCUT2D eigenvalue weighted by Crippen LogP contribution is -2.28. The molecule has 1 atom stereocenters. The van der Waals surface area contributed by atoms with Crippen molar-refractivity contribution in [2.24, 2.45) is 17.3 Å². The van der Waals surface area contributed by atoms with E-state index in [0.717, 1.165) is 23.3 Å². The molecule has 0 N–H and O–H groups in total. The molecule has 0 aromatic heterocycles. The van der Waals surface area contributed by atoms with E-state index in [2.05, 4.69) is 85.9 Å². The average Bonchev–Trinajstić information content (AvgIpc) is 3.11. The molecule has 3 rings (SSSR count). The lowest BCUT2D eigenvalue weighted by molar-refractivity contribution is 0.169. The van der Waals surface area contributed by atoms with Crippen molar-refractivity contribution in [2.75, 3.05) is 18.0 Å². The van der Waals surface area contributed by atoms with Gasteiger partial charge in [-0.05, 0) is 93.1 Å². The van der Waals surface area contributed by atoms with Crippen LogP contribution in [0.3, 0.4) is 0 Å². The summed E-state index contributed by atoms with van der Waals surface area (Å²) in [4.78, 5) is 2.67. The Morgan fingerprint density at radius 2 is 1.53 bits per heavy atom. The third-order valence-corrected chi connectivity index (χ3v) is 8.47. The fourth-order valence-corrected chi connectivity index (χ4v) is 6.04. The number of unbranched alkanes of at least 4 members (excludes halogenated alkanes) is 2. The van der Waals surface area contributed by atoms with Crippen LogP contribution < -0.4 is 9.64 Å². The van der Waals surface area contributed by atoms with Crippen molar-refractivity contribution in [3.05, 3.63) is 35.6 Å². The number of hydrogen-bond donors (Lipinski definition) is 0. The van der Waals surface area contributed by atoms with E-state index in [9.17, 15) is 0 Å². The monoisotopic (exact) mass is 528 g/mol. The number of aryl methyl sites for hydroxylation is 1. The fraction of sp³-hybridized carbons (Fsp3) is 0.778. The number of nitrogens with zero attached hydrogens (tertiary/aromatic N) is 1. The maximum Gasteiger partial charge on any atom is 0.131 e. The molecule has 1 aromatic rings. The first-order chi connectivity index (χ1) is 18.0. The zero-order valence-electron chi connectivity index (χ0n) is 27.3. The second-order valence-electron chi connectivity index (χ2n) is 13.1. The van der Waals surface area contributed by atoms with Gasteiger partial charge in [-0.3, -0.25) is 0 Å². The van der Waals surface area contributed by atoms with Crippen molar-refractivity contribution >= 4 is 5.69 Å². The summed E-state index contributed by atoms with van der Waals surface area (Å²) >= 11 is 0. The van der Waals surface area contributed by atoms with Crippen LogP contribution >= 0.6 is 0 Å². The zero-order valence-corrected chi connectivity index (χ0v) is 27.3. The van der Waals surface area contributed by atoms with Gasteiger partial charge < -0.3 is 9.64 Å². The Morgan fingerprint density at radius 3 is 2.00 bits per heavy atom. The Labute approximate surface area is 239 Å². The summed E-state index contributed by atoms with van der Waals surface area (Å²) < 4.78 is 6.03. The van der Waals surface area contributed by atoms with Gasteiger partial charge in [0, 0.05) is 24.8 Å². The van der Waals surface area contributed by atoms with Crippen molar-refractivity contribution in [3.63, 3.8) is 0 Å². The Balaban J connectivity index is 0.000000794. The van der Waals surface area contributed by atoms with Gasteiger partial charge in [-0.15, -0.1) is 0 Å². The first kappa shape index (κ1) is 34.6. The van der Waals surface area contributed by atoms with E-state index in [1.54, 1.807) is 5.56 Å². The molecule has 38 heavy (non-hydrogen) atoms. The van der Waals surface area contributed by atoms with E-state index in [1.165, 1.54) is 101 Å². The standard InChI is InChI=1S/C28H45NO.C5H12.C3H8/c1-8-22-10-9-16-29(17-15-22)26-19-27(30-20(2)3)21(4)18-25(26)23-11-13-24(14-12-23)28(5,6)7;1-3-5-4-2;1-3-2/h18-19,22-24H,2,8-17H2,1,3-7H3;3-5H2,1-2H3;3H2,1-2H3/t22-,23?,24?;;/m0../s1. The number of rotatable bonds is 7. The largest absolute Gasteiger partial charge is 0.462 e. The van der Waals surface area contributed by atoms with Gasteiger partial charge in [0.15, 0.2) is 0 Å². The molecule has 0 unspecified atom stereocenters. The highest BCUT2D eigenvalue weighted by atomic mass is 16.5. The van der Waals surface area contributed by atoms with Crippen LogP contribution in [-0.2, 0) is 0 Å². The van der Waals surface area contributed by atoms with Crippen LogP contribution in [0.5, 0.6) is 5.75 Å². The van der Waals surface area contributed by atoms with Crippen molar-refractivity contribution in [3.8, 4) is 5.75 Å². The predicted molar refractivity (Wildman–Crippen MR) is 172 cm³/mol. The summed E-state index contributed by atoms with van der Waals surface area (Å²) in [5.41, 5.74) is 4.69. The van der Waals surface area contributed by atoms with E-state index >= 15 is 0 Å². The zero-order chi connectivity index (χ0) is 28.7. The molecule has 1 saturated carbocycles. The number of hydrogen-bond acceptors (Lipinski definition) is 2. The van der Waals surface area contributed by atoms with E-state index in [1.807, 2.05) is 6.92 Å². The third-order valence-electron chi connectivity index (χ3n) is 8.47. The molecular formula is C36H65NO. The highest BCUT2D eigenvalue weighted by Gasteiger charge is 2.32. The Morgan fingerprint density at radius 1 is 0.921 bits per heavy atom. The molecule has 0 spiro atoms. The molecule has 1 heterocycles. The Bertz CT molecular complexity index is 779. The van der Waals surface area contributed by atoms with Crippen LogP contribution in [-0.4, -0.2) is 13.1 Å². The summed E-state index contributed by atoms with van der Waals surface area (Å²) in [5, 5.41) is 0. The number of anilines is 1. The summed E-state index contributed by atoms with van der Waals surface area (Å²) in [6, 6.07) is 4.78. The fourth-order valence-electron chi connectivity index (χ4n) is 6.04. The molecule has 0 amide bonds. The van der Waals surface area contributed by atoms with Gasteiger partial charge in [0.2, 0.25) is 0 Å². The Hall–Kier alpha value is -1.44. The quantitative estimate of drug-likeness (QED) is 0.327. The number of benzene rings is 1. The van der Waals surface area contributed by atoms with Gasteiger partial charge in [0.1, 0.15) is 5.75 Å². The van der Waals surface area contributed by atoms with Crippen molar-refractivity contribution in [1.29, 1.82) is 0 Å². The summed E-state index contributed by atoms with van der Waals surface area (Å²) in [6.07, 6.45) is 16.0. The number of ether oxygens (including phenoxy) is 1. The van der Waals surface area contributed by atoms with Crippen LogP contribution in [0.1, 0.15) is 156 Å². The molecule has 2 heteroatoms. The van der Waals surface area contributed by atoms with Crippen molar-refractivity contribution in [2.45, 2.75) is 152 Å². The molecule has 0 radical (unpaired) electrons. The van der Waals surface area contributed by atoms with Crippen LogP contribution in [0.25, 0.3) is 0 Å². The van der Waals surface area contributed by atoms with Crippen molar-refractivity contribution < 1.29 is 4.74 Å². The van der Waals surface area contributed by atoms with Gasteiger partial charge in [0.25, 0.3) is 0 Å². The molecule has 1 aliphatic heterocycles.